The van der Waals surface area contributed by atoms with E-state index in [1.807, 2.05) is 25.1 Å². The Labute approximate surface area is 151 Å². The average Bonchev–Trinajstić information content (AvgIpc) is 2.60. The summed E-state index contributed by atoms with van der Waals surface area (Å²) in [5.74, 6) is 1.24. The Kier molecular flexibility index (Phi) is 6.67. The van der Waals surface area contributed by atoms with Crippen LogP contribution in [0.4, 0.5) is 0 Å². The van der Waals surface area contributed by atoms with Gasteiger partial charge in [-0.05, 0) is 46.5 Å². The number of carbonyl (C=O) groups is 1. The Balaban J connectivity index is 2.09. The van der Waals surface area contributed by atoms with Gasteiger partial charge in [-0.2, -0.15) is 0 Å². The van der Waals surface area contributed by atoms with Gasteiger partial charge in [0.2, 0.25) is 0 Å². The summed E-state index contributed by atoms with van der Waals surface area (Å²) >= 11 is 3.43. The van der Waals surface area contributed by atoms with Crippen molar-refractivity contribution in [1.82, 2.24) is 5.32 Å². The fourth-order valence-corrected chi connectivity index (χ4v) is 3.01. The lowest BCUT2D eigenvalue weighted by Gasteiger charge is -2.15. The summed E-state index contributed by atoms with van der Waals surface area (Å²) in [6, 6.07) is 13.6. The van der Waals surface area contributed by atoms with Crippen LogP contribution in [0, 0.1) is 0 Å². The summed E-state index contributed by atoms with van der Waals surface area (Å²) in [4.78, 5) is 12.5. The van der Waals surface area contributed by atoms with E-state index in [9.17, 15) is 4.79 Å². The number of rotatable bonds is 7. The molecule has 0 fully saturated rings. The molecule has 0 saturated carbocycles. The first-order valence-electron chi connectivity index (χ1n) is 7.90. The Bertz CT molecular complexity index is 689. The molecule has 2 rings (SSSR count). The molecule has 128 valence electrons. The maximum Gasteiger partial charge on any atom is 0.251 e. The molecular formula is C19H22BrNO3. The Morgan fingerprint density at radius 3 is 2.58 bits per heavy atom. The van der Waals surface area contributed by atoms with Crippen molar-refractivity contribution in [1.29, 1.82) is 0 Å². The minimum Gasteiger partial charge on any atom is -0.492 e. The smallest absolute Gasteiger partial charge is 0.251 e. The van der Waals surface area contributed by atoms with Crippen LogP contribution < -0.4 is 14.8 Å². The van der Waals surface area contributed by atoms with Crippen molar-refractivity contribution in [3.63, 3.8) is 0 Å². The highest BCUT2D eigenvalue weighted by Crippen LogP contribution is 2.36. The van der Waals surface area contributed by atoms with Crippen LogP contribution >= 0.6 is 15.9 Å². The minimum atomic E-state index is -0.137. The number of hydrogen-bond acceptors (Lipinski definition) is 3. The quantitative estimate of drug-likeness (QED) is 0.760. The third-order valence-electron chi connectivity index (χ3n) is 3.71. The zero-order chi connectivity index (χ0) is 17.5. The first-order valence-corrected chi connectivity index (χ1v) is 8.69. The number of amides is 1. The zero-order valence-corrected chi connectivity index (χ0v) is 15.7. The lowest BCUT2D eigenvalue weighted by molar-refractivity contribution is 0.0951. The Morgan fingerprint density at radius 2 is 1.96 bits per heavy atom. The molecule has 2 aromatic carbocycles. The Hall–Kier alpha value is -2.01. The monoisotopic (exact) mass is 391 g/mol. The van der Waals surface area contributed by atoms with Crippen molar-refractivity contribution in [3.8, 4) is 11.5 Å². The summed E-state index contributed by atoms with van der Waals surface area (Å²) in [5.41, 5.74) is 1.73. The summed E-state index contributed by atoms with van der Waals surface area (Å²) in [6.45, 7) is 5.04. The van der Waals surface area contributed by atoms with Gasteiger partial charge < -0.3 is 14.8 Å². The lowest BCUT2D eigenvalue weighted by Crippen LogP contribution is -2.27. The second-order valence-electron chi connectivity index (χ2n) is 5.44. The van der Waals surface area contributed by atoms with E-state index in [4.69, 9.17) is 9.47 Å². The molecule has 0 unspecified atom stereocenters. The van der Waals surface area contributed by atoms with Gasteiger partial charge in [0.05, 0.1) is 18.2 Å². The van der Waals surface area contributed by atoms with Crippen molar-refractivity contribution in [2.75, 3.05) is 20.3 Å². The molecule has 1 N–H and O–H groups in total. The molecule has 1 atom stereocenters. The fraction of sp³-hybridized carbons (Fsp3) is 0.316. The highest BCUT2D eigenvalue weighted by molar-refractivity contribution is 9.10. The van der Waals surface area contributed by atoms with E-state index < -0.39 is 0 Å². The molecule has 0 bridgehead atoms. The second-order valence-corrected chi connectivity index (χ2v) is 6.30. The van der Waals surface area contributed by atoms with Crippen molar-refractivity contribution in [2.24, 2.45) is 0 Å². The van der Waals surface area contributed by atoms with Gasteiger partial charge >= 0.3 is 0 Å². The van der Waals surface area contributed by atoms with E-state index in [1.165, 1.54) is 5.56 Å². The van der Waals surface area contributed by atoms with E-state index in [0.29, 0.717) is 34.7 Å². The summed E-state index contributed by atoms with van der Waals surface area (Å²) in [7, 11) is 1.57. The van der Waals surface area contributed by atoms with E-state index in [2.05, 4.69) is 40.3 Å². The van der Waals surface area contributed by atoms with Crippen LogP contribution in [-0.4, -0.2) is 26.2 Å². The minimum absolute atomic E-state index is 0.137. The average molecular weight is 392 g/mol. The van der Waals surface area contributed by atoms with Crippen molar-refractivity contribution >= 4 is 21.8 Å². The van der Waals surface area contributed by atoms with Crippen LogP contribution in [-0.2, 0) is 0 Å². The standard InChI is InChI=1S/C19H22BrNO3/c1-4-24-17-11-15(10-16(20)18(17)23-3)19(22)21-12-13(2)14-8-6-5-7-9-14/h5-11,13H,4,12H2,1-3H3,(H,21,22)/t13-/m0/s1. The summed E-state index contributed by atoms with van der Waals surface area (Å²) < 4.78 is 11.6. The van der Waals surface area contributed by atoms with Gasteiger partial charge in [0, 0.05) is 12.1 Å². The van der Waals surface area contributed by atoms with Gasteiger partial charge in [-0.15, -0.1) is 0 Å². The van der Waals surface area contributed by atoms with E-state index in [-0.39, 0.29) is 11.8 Å². The van der Waals surface area contributed by atoms with Gasteiger partial charge in [0.15, 0.2) is 11.5 Å². The van der Waals surface area contributed by atoms with Crippen LogP contribution in [0.2, 0.25) is 0 Å². The zero-order valence-electron chi connectivity index (χ0n) is 14.1. The van der Waals surface area contributed by atoms with Gasteiger partial charge in [-0.3, -0.25) is 4.79 Å². The highest BCUT2D eigenvalue weighted by Gasteiger charge is 2.16. The molecule has 1 amide bonds. The SMILES string of the molecule is CCOc1cc(C(=O)NC[C@H](C)c2ccccc2)cc(Br)c1OC. The third kappa shape index (κ3) is 4.51. The van der Waals surface area contributed by atoms with Crippen LogP contribution in [0.25, 0.3) is 0 Å². The number of ether oxygens (including phenoxy) is 2. The third-order valence-corrected chi connectivity index (χ3v) is 4.30. The molecule has 0 aliphatic carbocycles. The fourth-order valence-electron chi connectivity index (χ4n) is 2.41. The van der Waals surface area contributed by atoms with Crippen molar-refractivity contribution in [3.05, 3.63) is 58.1 Å². The maximum atomic E-state index is 12.5. The number of halogens is 1. The molecule has 0 saturated heterocycles. The summed E-state index contributed by atoms with van der Waals surface area (Å²) in [6.07, 6.45) is 0. The first-order chi connectivity index (χ1) is 11.6. The number of benzene rings is 2. The molecule has 5 heteroatoms. The lowest BCUT2D eigenvalue weighted by atomic mass is 10.0. The molecule has 0 aromatic heterocycles. The van der Waals surface area contributed by atoms with Gasteiger partial charge in [-0.25, -0.2) is 0 Å². The van der Waals surface area contributed by atoms with Crippen LogP contribution in [0.15, 0.2) is 46.9 Å². The number of nitrogens with one attached hydrogen (secondary N) is 1. The topological polar surface area (TPSA) is 47.6 Å². The molecule has 2 aromatic rings. The van der Waals surface area contributed by atoms with Gasteiger partial charge in [0.1, 0.15) is 0 Å². The molecule has 0 heterocycles. The number of carbonyl (C=O) groups excluding carboxylic acids is 1. The number of hydrogen-bond donors (Lipinski definition) is 1. The molecule has 0 aliphatic rings. The van der Waals surface area contributed by atoms with E-state index >= 15 is 0 Å². The molecule has 4 nitrogen and oxygen atoms in total. The van der Waals surface area contributed by atoms with Crippen molar-refractivity contribution < 1.29 is 14.3 Å². The number of methoxy groups -OCH3 is 1. The highest BCUT2D eigenvalue weighted by atomic mass is 79.9. The predicted molar refractivity (Wildman–Crippen MR) is 99.1 cm³/mol. The Morgan fingerprint density at radius 1 is 1.25 bits per heavy atom. The molecule has 0 spiro atoms. The summed E-state index contributed by atoms with van der Waals surface area (Å²) in [5, 5.41) is 2.98. The van der Waals surface area contributed by atoms with Crippen LogP contribution in [0.3, 0.4) is 0 Å². The van der Waals surface area contributed by atoms with E-state index in [1.54, 1.807) is 19.2 Å². The van der Waals surface area contributed by atoms with Crippen LogP contribution in [0.5, 0.6) is 11.5 Å². The second kappa shape index (κ2) is 8.73. The molecule has 0 radical (unpaired) electrons. The maximum absolute atomic E-state index is 12.5. The van der Waals surface area contributed by atoms with Gasteiger partial charge in [0.25, 0.3) is 5.91 Å². The normalized spacial score (nSPS) is 11.7. The molecule has 0 aliphatic heterocycles. The largest absolute Gasteiger partial charge is 0.492 e. The predicted octanol–water partition coefficient (Wildman–Crippen LogP) is 4.39. The van der Waals surface area contributed by atoms with Crippen LogP contribution in [0.1, 0.15) is 35.7 Å². The van der Waals surface area contributed by atoms with Crippen molar-refractivity contribution in [2.45, 2.75) is 19.8 Å². The molecular weight excluding hydrogens is 370 g/mol. The first kappa shape index (κ1) is 18.3. The van der Waals surface area contributed by atoms with Gasteiger partial charge in [-0.1, -0.05) is 37.3 Å². The molecule has 24 heavy (non-hydrogen) atoms. The van der Waals surface area contributed by atoms with E-state index in [0.717, 1.165) is 0 Å².